The first-order valence-electron chi connectivity index (χ1n) is 12.0. The minimum absolute atomic E-state index is 0.0406. The lowest BCUT2D eigenvalue weighted by Gasteiger charge is -2.27. The predicted molar refractivity (Wildman–Crippen MR) is 143 cm³/mol. The molecule has 1 heterocycles. The first-order chi connectivity index (χ1) is 17.7. The van der Waals surface area contributed by atoms with Gasteiger partial charge in [0.05, 0.1) is 32.2 Å². The molecule has 0 unspecified atom stereocenters. The van der Waals surface area contributed by atoms with E-state index in [0.717, 1.165) is 28.1 Å². The quantitative estimate of drug-likeness (QED) is 0.304. The maximum absolute atomic E-state index is 13.6. The second-order valence-electron chi connectivity index (χ2n) is 8.57. The number of carbonyl (C=O) groups is 1. The van der Waals surface area contributed by atoms with Gasteiger partial charge in [0, 0.05) is 18.0 Å². The minimum atomic E-state index is -3.97. The number of benzene rings is 2. The van der Waals surface area contributed by atoms with Gasteiger partial charge >= 0.3 is 0 Å². The molecule has 0 N–H and O–H groups in total. The van der Waals surface area contributed by atoms with Crippen LogP contribution in [0.25, 0.3) is 0 Å². The van der Waals surface area contributed by atoms with E-state index in [2.05, 4.69) is 0 Å². The van der Waals surface area contributed by atoms with Crippen molar-refractivity contribution >= 4 is 27.3 Å². The molecule has 0 saturated carbocycles. The zero-order valence-corrected chi connectivity index (χ0v) is 23.2. The highest BCUT2D eigenvalue weighted by atomic mass is 32.2. The minimum Gasteiger partial charge on any atom is -0.493 e. The van der Waals surface area contributed by atoms with Crippen LogP contribution in [0.3, 0.4) is 0 Å². The van der Waals surface area contributed by atoms with Crippen LogP contribution in [-0.2, 0) is 27.8 Å². The summed E-state index contributed by atoms with van der Waals surface area (Å²) >= 11 is 1.56. The molecule has 200 valence electrons. The van der Waals surface area contributed by atoms with Gasteiger partial charge in [0.2, 0.25) is 15.9 Å². The topological polar surface area (TPSA) is 76.2 Å². The lowest BCUT2D eigenvalue weighted by molar-refractivity contribution is -0.132. The number of sulfonamides is 1. The third kappa shape index (κ3) is 7.30. The fraction of sp³-hybridized carbons (Fsp3) is 0.370. The van der Waals surface area contributed by atoms with E-state index in [-0.39, 0.29) is 23.9 Å². The van der Waals surface area contributed by atoms with Crippen LogP contribution < -0.4 is 9.47 Å². The Morgan fingerprint density at radius 2 is 1.70 bits per heavy atom. The second kappa shape index (κ2) is 13.0. The molecule has 0 bridgehead atoms. The number of halogens is 1. The van der Waals surface area contributed by atoms with Crippen LogP contribution in [0.1, 0.15) is 29.3 Å². The van der Waals surface area contributed by atoms with Gasteiger partial charge in [-0.2, -0.15) is 4.31 Å². The van der Waals surface area contributed by atoms with Crippen molar-refractivity contribution in [3.05, 3.63) is 75.7 Å². The third-order valence-corrected chi connectivity index (χ3v) is 8.88. The number of hydrogen-bond acceptors (Lipinski definition) is 6. The van der Waals surface area contributed by atoms with E-state index in [0.29, 0.717) is 37.4 Å². The molecule has 0 saturated heterocycles. The summed E-state index contributed by atoms with van der Waals surface area (Å²) in [4.78, 5) is 16.3. The first kappa shape index (κ1) is 28.6. The standard InChI is InChI=1S/C27H33FN2O5S2/c1-5-14-30(37(32,33)23-9-7-22(28)8-10-23)19-27(31)29(18-26-20(2)13-16-36-26)15-12-21-6-11-24(34-3)25(17-21)35-4/h6-11,13,16-17H,5,12,14-15,18-19H2,1-4H3. The number of thiophene rings is 1. The van der Waals surface area contributed by atoms with Gasteiger partial charge in [-0.15, -0.1) is 11.3 Å². The van der Waals surface area contributed by atoms with Crippen LogP contribution in [0.5, 0.6) is 11.5 Å². The molecule has 0 fully saturated rings. The Morgan fingerprint density at radius 3 is 2.30 bits per heavy atom. The van der Waals surface area contributed by atoms with Crippen LogP contribution in [0, 0.1) is 12.7 Å². The molecule has 0 aliphatic carbocycles. The zero-order chi connectivity index (χ0) is 27.0. The van der Waals surface area contributed by atoms with Gasteiger partial charge in [-0.05, 0) is 78.7 Å². The van der Waals surface area contributed by atoms with E-state index in [1.807, 2.05) is 43.5 Å². The van der Waals surface area contributed by atoms with Crippen molar-refractivity contribution in [2.24, 2.45) is 0 Å². The summed E-state index contributed by atoms with van der Waals surface area (Å²) in [5.74, 6) is 0.401. The first-order valence-corrected chi connectivity index (χ1v) is 14.3. The largest absolute Gasteiger partial charge is 0.493 e. The Bertz CT molecular complexity index is 1290. The average molecular weight is 549 g/mol. The van der Waals surface area contributed by atoms with Gasteiger partial charge in [-0.3, -0.25) is 4.79 Å². The number of nitrogens with zero attached hydrogens (tertiary/aromatic N) is 2. The number of amides is 1. The third-order valence-electron chi connectivity index (χ3n) is 6.01. The molecule has 0 atom stereocenters. The van der Waals surface area contributed by atoms with E-state index < -0.39 is 15.8 Å². The van der Waals surface area contributed by atoms with E-state index in [9.17, 15) is 17.6 Å². The molecule has 0 spiro atoms. The molecule has 3 aromatic rings. The van der Waals surface area contributed by atoms with Gasteiger partial charge in [-0.1, -0.05) is 13.0 Å². The monoisotopic (exact) mass is 548 g/mol. The van der Waals surface area contributed by atoms with E-state index in [1.54, 1.807) is 30.5 Å². The van der Waals surface area contributed by atoms with Crippen molar-refractivity contribution in [1.82, 2.24) is 9.21 Å². The van der Waals surface area contributed by atoms with Gasteiger partial charge < -0.3 is 14.4 Å². The second-order valence-corrected chi connectivity index (χ2v) is 11.5. The zero-order valence-electron chi connectivity index (χ0n) is 21.6. The molecule has 0 aliphatic rings. The van der Waals surface area contributed by atoms with E-state index in [1.165, 1.54) is 16.4 Å². The number of carbonyl (C=O) groups excluding carboxylic acids is 1. The molecule has 3 rings (SSSR count). The smallest absolute Gasteiger partial charge is 0.243 e. The molecule has 10 heteroatoms. The van der Waals surface area contributed by atoms with Crippen molar-refractivity contribution in [1.29, 1.82) is 0 Å². The van der Waals surface area contributed by atoms with Crippen molar-refractivity contribution in [3.63, 3.8) is 0 Å². The number of rotatable bonds is 13. The lowest BCUT2D eigenvalue weighted by Crippen LogP contribution is -2.43. The van der Waals surface area contributed by atoms with Crippen LogP contribution in [0.2, 0.25) is 0 Å². The van der Waals surface area contributed by atoms with Crippen molar-refractivity contribution in [3.8, 4) is 11.5 Å². The van der Waals surface area contributed by atoms with Crippen molar-refractivity contribution in [2.75, 3.05) is 33.9 Å². The van der Waals surface area contributed by atoms with E-state index >= 15 is 0 Å². The molecule has 1 amide bonds. The molecular weight excluding hydrogens is 515 g/mol. The number of aryl methyl sites for hydroxylation is 1. The highest BCUT2D eigenvalue weighted by Gasteiger charge is 2.28. The summed E-state index contributed by atoms with van der Waals surface area (Å²) in [5.41, 5.74) is 2.04. The average Bonchev–Trinajstić information content (AvgIpc) is 3.30. The summed E-state index contributed by atoms with van der Waals surface area (Å²) < 4.78 is 51.8. The highest BCUT2D eigenvalue weighted by Crippen LogP contribution is 2.28. The van der Waals surface area contributed by atoms with E-state index in [4.69, 9.17) is 9.47 Å². The molecule has 37 heavy (non-hydrogen) atoms. The van der Waals surface area contributed by atoms with Crippen LogP contribution in [0.15, 0.2) is 58.8 Å². The molecular formula is C27H33FN2O5S2. The summed E-state index contributed by atoms with van der Waals surface area (Å²) in [6.45, 7) is 4.48. The Labute approximate surface area is 222 Å². The molecule has 7 nitrogen and oxygen atoms in total. The Kier molecular flexibility index (Phi) is 10.1. The summed E-state index contributed by atoms with van der Waals surface area (Å²) in [5, 5.41) is 1.98. The summed E-state index contributed by atoms with van der Waals surface area (Å²) in [6, 6.07) is 12.3. The van der Waals surface area contributed by atoms with Crippen LogP contribution in [0.4, 0.5) is 4.39 Å². The predicted octanol–water partition coefficient (Wildman–Crippen LogP) is 4.89. The number of hydrogen-bond donors (Lipinski definition) is 0. The highest BCUT2D eigenvalue weighted by molar-refractivity contribution is 7.89. The molecule has 0 radical (unpaired) electrons. The van der Waals surface area contributed by atoms with Gasteiger partial charge in [0.15, 0.2) is 11.5 Å². The fourth-order valence-electron chi connectivity index (χ4n) is 3.87. The fourth-order valence-corrected chi connectivity index (χ4v) is 6.27. The van der Waals surface area contributed by atoms with Crippen molar-refractivity contribution in [2.45, 2.75) is 38.1 Å². The Morgan fingerprint density at radius 1 is 1.00 bits per heavy atom. The Hall–Kier alpha value is -2.95. The number of ether oxygens (including phenoxy) is 2. The van der Waals surface area contributed by atoms with Crippen LogP contribution in [-0.4, -0.2) is 57.4 Å². The van der Waals surface area contributed by atoms with Crippen molar-refractivity contribution < 1.29 is 27.1 Å². The van der Waals surface area contributed by atoms with Gasteiger partial charge in [-0.25, -0.2) is 12.8 Å². The van der Waals surface area contributed by atoms with Gasteiger partial charge in [0.25, 0.3) is 0 Å². The Balaban J connectivity index is 1.83. The number of methoxy groups -OCH3 is 2. The lowest BCUT2D eigenvalue weighted by atomic mass is 10.1. The molecule has 0 aliphatic heterocycles. The summed E-state index contributed by atoms with van der Waals surface area (Å²) in [7, 11) is -0.828. The van der Waals surface area contributed by atoms with Gasteiger partial charge in [0.1, 0.15) is 5.82 Å². The normalized spacial score (nSPS) is 11.5. The molecule has 1 aromatic heterocycles. The molecule has 2 aromatic carbocycles. The maximum atomic E-state index is 13.6. The summed E-state index contributed by atoms with van der Waals surface area (Å²) in [6.07, 6.45) is 1.08. The SMILES string of the molecule is CCCN(CC(=O)N(CCc1ccc(OC)c(OC)c1)Cc1sccc1C)S(=O)(=O)c1ccc(F)cc1. The van der Waals surface area contributed by atoms with Crippen LogP contribution >= 0.6 is 11.3 Å². The maximum Gasteiger partial charge on any atom is 0.243 e.